The van der Waals surface area contributed by atoms with Crippen molar-refractivity contribution < 1.29 is 9.21 Å². The average molecular weight is 220 g/mol. The first-order chi connectivity index (χ1) is 7.63. The summed E-state index contributed by atoms with van der Waals surface area (Å²) in [7, 11) is 1.75. The zero-order valence-corrected chi connectivity index (χ0v) is 9.69. The third-order valence-corrected chi connectivity index (χ3v) is 2.37. The summed E-state index contributed by atoms with van der Waals surface area (Å²) in [6.45, 7) is 2.52. The van der Waals surface area contributed by atoms with Crippen LogP contribution in [0.2, 0.25) is 0 Å². The molecule has 0 aromatic carbocycles. The van der Waals surface area contributed by atoms with E-state index >= 15 is 0 Å². The molecule has 1 amide bonds. The molecule has 4 heteroatoms. The van der Waals surface area contributed by atoms with Gasteiger partial charge in [-0.3, -0.25) is 4.79 Å². The number of nitrogens with zero attached hydrogens (tertiary/aromatic N) is 2. The van der Waals surface area contributed by atoms with Crippen molar-refractivity contribution in [1.82, 2.24) is 4.90 Å². The highest BCUT2D eigenvalue weighted by Crippen LogP contribution is 2.07. The van der Waals surface area contributed by atoms with Crippen LogP contribution in [0.15, 0.2) is 16.5 Å². The zero-order valence-electron chi connectivity index (χ0n) is 9.69. The summed E-state index contributed by atoms with van der Waals surface area (Å²) in [4.78, 5) is 13.1. The first-order valence-corrected chi connectivity index (χ1v) is 5.29. The van der Waals surface area contributed by atoms with E-state index in [1.54, 1.807) is 11.9 Å². The molecule has 1 aromatic heterocycles. The van der Waals surface area contributed by atoms with Crippen molar-refractivity contribution in [3.05, 3.63) is 23.7 Å². The van der Waals surface area contributed by atoms with Gasteiger partial charge in [-0.2, -0.15) is 5.26 Å². The van der Waals surface area contributed by atoms with E-state index in [1.807, 2.05) is 25.1 Å². The number of aryl methyl sites for hydroxylation is 1. The minimum Gasteiger partial charge on any atom is -0.466 e. The molecule has 0 saturated heterocycles. The lowest BCUT2D eigenvalue weighted by Gasteiger charge is -2.15. The lowest BCUT2D eigenvalue weighted by atomic mass is 10.2. The molecule has 16 heavy (non-hydrogen) atoms. The predicted molar refractivity (Wildman–Crippen MR) is 59.6 cm³/mol. The van der Waals surface area contributed by atoms with E-state index in [0.29, 0.717) is 19.4 Å². The summed E-state index contributed by atoms with van der Waals surface area (Å²) in [5.41, 5.74) is 0. The predicted octanol–water partition coefficient (Wildman–Crippen LogP) is 1.89. The Balaban J connectivity index is 2.32. The van der Waals surface area contributed by atoms with Gasteiger partial charge in [-0.1, -0.05) is 0 Å². The van der Waals surface area contributed by atoms with Crippen LogP contribution < -0.4 is 0 Å². The summed E-state index contributed by atoms with van der Waals surface area (Å²) >= 11 is 0. The van der Waals surface area contributed by atoms with Crippen molar-refractivity contribution in [2.24, 2.45) is 0 Å². The number of furan rings is 1. The van der Waals surface area contributed by atoms with Crippen LogP contribution >= 0.6 is 0 Å². The normalized spacial score (nSPS) is 9.81. The summed E-state index contributed by atoms with van der Waals surface area (Å²) in [6, 6.07) is 5.79. The molecule has 0 spiro atoms. The fourth-order valence-electron chi connectivity index (χ4n) is 1.38. The summed E-state index contributed by atoms with van der Waals surface area (Å²) in [5, 5.41) is 8.37. The maximum absolute atomic E-state index is 11.5. The standard InChI is InChI=1S/C12H16N2O2/c1-10-5-6-11(16-10)7-9-14(2)12(15)4-3-8-13/h5-6H,3-4,7,9H2,1-2H3. The molecule has 86 valence electrons. The molecule has 0 unspecified atom stereocenters. The number of amides is 1. The van der Waals surface area contributed by atoms with Crippen LogP contribution in [-0.4, -0.2) is 24.4 Å². The molecule has 0 saturated carbocycles. The lowest BCUT2D eigenvalue weighted by molar-refractivity contribution is -0.129. The maximum atomic E-state index is 11.5. The number of likely N-dealkylation sites (N-methyl/N-ethyl adjacent to an activating group) is 1. The van der Waals surface area contributed by atoms with Crippen LogP contribution in [0.1, 0.15) is 24.4 Å². The van der Waals surface area contributed by atoms with Gasteiger partial charge < -0.3 is 9.32 Å². The van der Waals surface area contributed by atoms with Crippen LogP contribution in [0.25, 0.3) is 0 Å². The van der Waals surface area contributed by atoms with Crippen LogP contribution in [0.3, 0.4) is 0 Å². The minimum absolute atomic E-state index is 0.00447. The van der Waals surface area contributed by atoms with E-state index < -0.39 is 0 Å². The van der Waals surface area contributed by atoms with Gasteiger partial charge in [-0.05, 0) is 19.1 Å². The van der Waals surface area contributed by atoms with E-state index in [1.165, 1.54) is 0 Å². The molecular weight excluding hydrogens is 204 g/mol. The summed E-state index contributed by atoms with van der Waals surface area (Å²) in [6.07, 6.45) is 1.29. The molecule has 0 radical (unpaired) electrons. The highest BCUT2D eigenvalue weighted by molar-refractivity contribution is 5.76. The van der Waals surface area contributed by atoms with Crippen molar-refractivity contribution in [3.8, 4) is 6.07 Å². The van der Waals surface area contributed by atoms with Crippen LogP contribution in [0.4, 0.5) is 0 Å². The largest absolute Gasteiger partial charge is 0.466 e. The second-order valence-electron chi connectivity index (χ2n) is 3.74. The number of nitriles is 1. The van der Waals surface area contributed by atoms with E-state index in [4.69, 9.17) is 9.68 Å². The molecule has 0 fully saturated rings. The first-order valence-electron chi connectivity index (χ1n) is 5.29. The van der Waals surface area contributed by atoms with Crippen LogP contribution in [-0.2, 0) is 11.2 Å². The molecule has 1 rings (SSSR count). The number of carbonyl (C=O) groups is 1. The van der Waals surface area contributed by atoms with Crippen molar-refractivity contribution in [1.29, 1.82) is 5.26 Å². The van der Waals surface area contributed by atoms with Crippen molar-refractivity contribution in [3.63, 3.8) is 0 Å². The molecule has 0 bridgehead atoms. The number of hydrogen-bond donors (Lipinski definition) is 0. The number of rotatable bonds is 5. The third-order valence-electron chi connectivity index (χ3n) is 2.37. The van der Waals surface area contributed by atoms with E-state index in [2.05, 4.69) is 0 Å². The SMILES string of the molecule is Cc1ccc(CCN(C)C(=O)CCC#N)o1. The monoisotopic (exact) mass is 220 g/mol. The lowest BCUT2D eigenvalue weighted by Crippen LogP contribution is -2.28. The molecule has 0 N–H and O–H groups in total. The highest BCUT2D eigenvalue weighted by atomic mass is 16.3. The van der Waals surface area contributed by atoms with Crippen molar-refractivity contribution >= 4 is 5.91 Å². The Morgan fingerprint density at radius 3 is 2.88 bits per heavy atom. The van der Waals surface area contributed by atoms with Gasteiger partial charge in [-0.15, -0.1) is 0 Å². The molecule has 0 atom stereocenters. The van der Waals surface area contributed by atoms with Crippen molar-refractivity contribution in [2.45, 2.75) is 26.2 Å². The molecular formula is C12H16N2O2. The van der Waals surface area contributed by atoms with Crippen molar-refractivity contribution in [2.75, 3.05) is 13.6 Å². The van der Waals surface area contributed by atoms with Crippen LogP contribution in [0.5, 0.6) is 0 Å². The summed E-state index contributed by atoms with van der Waals surface area (Å²) < 4.78 is 5.40. The second-order valence-corrected chi connectivity index (χ2v) is 3.74. The van der Waals surface area contributed by atoms with E-state index in [0.717, 1.165) is 11.5 Å². The smallest absolute Gasteiger partial charge is 0.223 e. The zero-order chi connectivity index (χ0) is 12.0. The minimum atomic E-state index is 0.00447. The van der Waals surface area contributed by atoms with Gasteiger partial charge in [-0.25, -0.2) is 0 Å². The number of carbonyl (C=O) groups excluding carboxylic acids is 1. The Bertz CT molecular complexity index is 390. The molecule has 0 aliphatic heterocycles. The first kappa shape index (κ1) is 12.3. The third kappa shape index (κ3) is 3.77. The van der Waals surface area contributed by atoms with Gasteiger partial charge in [0.1, 0.15) is 11.5 Å². The molecule has 1 aromatic rings. The van der Waals surface area contributed by atoms with Gasteiger partial charge in [0.05, 0.1) is 6.07 Å². The van der Waals surface area contributed by atoms with Gasteiger partial charge in [0.2, 0.25) is 5.91 Å². The number of hydrogen-bond acceptors (Lipinski definition) is 3. The Morgan fingerprint density at radius 2 is 2.31 bits per heavy atom. The fourth-order valence-corrected chi connectivity index (χ4v) is 1.38. The topological polar surface area (TPSA) is 57.2 Å². The molecule has 1 heterocycles. The van der Waals surface area contributed by atoms with Gasteiger partial charge in [0, 0.05) is 32.9 Å². The average Bonchev–Trinajstić information content (AvgIpc) is 2.68. The van der Waals surface area contributed by atoms with E-state index in [9.17, 15) is 4.79 Å². The quantitative estimate of drug-likeness (QED) is 0.761. The maximum Gasteiger partial charge on any atom is 0.223 e. The Hall–Kier alpha value is -1.76. The van der Waals surface area contributed by atoms with Gasteiger partial charge >= 0.3 is 0 Å². The molecule has 0 aliphatic carbocycles. The fraction of sp³-hybridized carbons (Fsp3) is 0.500. The molecule has 4 nitrogen and oxygen atoms in total. The Labute approximate surface area is 95.5 Å². The second kappa shape index (κ2) is 5.96. The van der Waals surface area contributed by atoms with E-state index in [-0.39, 0.29) is 12.3 Å². The Morgan fingerprint density at radius 1 is 1.56 bits per heavy atom. The van der Waals surface area contributed by atoms with Gasteiger partial charge in [0.15, 0.2) is 0 Å². The summed E-state index contributed by atoms with van der Waals surface area (Å²) in [5.74, 6) is 1.77. The highest BCUT2D eigenvalue weighted by Gasteiger charge is 2.08. The van der Waals surface area contributed by atoms with Gasteiger partial charge in [0.25, 0.3) is 0 Å². The Kier molecular flexibility index (Phi) is 4.59. The van der Waals surface area contributed by atoms with Crippen LogP contribution in [0, 0.1) is 18.3 Å². The molecule has 0 aliphatic rings.